The number of hydrogen-bond donors (Lipinski definition) is 2. The van der Waals surface area contributed by atoms with Crippen molar-refractivity contribution in [2.45, 2.75) is 37.9 Å². The molecule has 2 aliphatic heterocycles. The van der Waals surface area contributed by atoms with Gasteiger partial charge in [0.05, 0.1) is 40.0 Å². The van der Waals surface area contributed by atoms with Gasteiger partial charge in [0.15, 0.2) is 0 Å². The second kappa shape index (κ2) is 14.2. The number of anilines is 5. The normalized spacial score (nSPS) is 16.6. The van der Waals surface area contributed by atoms with Crippen molar-refractivity contribution in [3.8, 4) is 16.9 Å². The third-order valence-corrected chi connectivity index (χ3v) is 11.6. The lowest BCUT2D eigenvalue weighted by Gasteiger charge is -2.42. The molecule has 0 atom stereocenters. The fourth-order valence-electron chi connectivity index (χ4n) is 7.02. The van der Waals surface area contributed by atoms with Crippen molar-refractivity contribution in [2.75, 3.05) is 62.2 Å². The average Bonchev–Trinajstić information content (AvgIpc) is 3.55. The third-order valence-electron chi connectivity index (χ3n) is 9.51. The summed E-state index contributed by atoms with van der Waals surface area (Å²) in [4.78, 5) is 23.1. The summed E-state index contributed by atoms with van der Waals surface area (Å²) < 4.78 is 35.7. The molecule has 2 aromatic carbocycles. The molecule has 2 fully saturated rings. The first-order chi connectivity index (χ1) is 24.1. The van der Waals surface area contributed by atoms with E-state index < -0.39 is 13.3 Å². The number of nitrogens with zero attached hydrogens (tertiary/aromatic N) is 8. The summed E-state index contributed by atoms with van der Waals surface area (Å²) in [6, 6.07) is 8.30. The molecule has 0 bridgehead atoms. The molecule has 0 amide bonds. The number of rotatable bonds is 9. The van der Waals surface area contributed by atoms with E-state index in [2.05, 4.69) is 68.5 Å². The molecule has 0 aliphatic carbocycles. The Morgan fingerprint density at radius 1 is 0.960 bits per heavy atom. The summed E-state index contributed by atoms with van der Waals surface area (Å²) in [5.74, 6) is 1.48. The van der Waals surface area contributed by atoms with Crippen LogP contribution < -0.4 is 25.6 Å². The van der Waals surface area contributed by atoms with Gasteiger partial charge in [-0.2, -0.15) is 10.1 Å². The van der Waals surface area contributed by atoms with Crippen LogP contribution in [0.2, 0.25) is 0 Å². The van der Waals surface area contributed by atoms with Crippen molar-refractivity contribution in [1.29, 1.82) is 0 Å². The molecule has 0 radical (unpaired) electrons. The molecular weight excluding hydrogens is 722 g/mol. The molecule has 2 saturated heterocycles. The number of likely N-dealkylation sites (tertiary alicyclic amines) is 1. The molecular formula is C35H41BrFN10O2P. The van der Waals surface area contributed by atoms with Gasteiger partial charge in [-0.1, -0.05) is 0 Å². The molecule has 0 saturated carbocycles. The van der Waals surface area contributed by atoms with Crippen LogP contribution in [-0.2, 0) is 11.6 Å². The van der Waals surface area contributed by atoms with Crippen LogP contribution in [0.15, 0.2) is 59.7 Å². The second-order valence-corrected chi connectivity index (χ2v) is 17.3. The van der Waals surface area contributed by atoms with Gasteiger partial charge in [-0.3, -0.25) is 14.6 Å². The molecule has 5 aromatic rings. The number of piperidine rings is 2. The number of aromatic nitrogens is 6. The molecule has 12 nitrogen and oxygen atoms in total. The Hall–Kier alpha value is -4.13. The molecule has 5 heterocycles. The van der Waals surface area contributed by atoms with E-state index in [4.69, 9.17) is 9.72 Å². The quantitative estimate of drug-likeness (QED) is 0.155. The Morgan fingerprint density at radius 2 is 1.72 bits per heavy atom. The number of aryl methyl sites for hydroxylation is 1. The molecule has 7 rings (SSSR count). The molecule has 2 N–H and O–H groups in total. The molecule has 0 unspecified atom stereocenters. The van der Waals surface area contributed by atoms with E-state index in [9.17, 15) is 8.96 Å². The van der Waals surface area contributed by atoms with Crippen LogP contribution in [0.5, 0.6) is 5.75 Å². The van der Waals surface area contributed by atoms with E-state index >= 15 is 0 Å². The average molecular weight is 764 g/mol. The van der Waals surface area contributed by atoms with Crippen molar-refractivity contribution in [3.63, 3.8) is 0 Å². The molecule has 3 aromatic heterocycles. The van der Waals surface area contributed by atoms with Gasteiger partial charge >= 0.3 is 0 Å². The highest BCUT2D eigenvalue weighted by Crippen LogP contribution is 2.43. The van der Waals surface area contributed by atoms with Crippen LogP contribution >= 0.6 is 23.1 Å². The maximum absolute atomic E-state index is 13.8. The number of fused-ring (bicyclic) bond motifs is 1. The largest absolute Gasteiger partial charge is 0.494 e. The van der Waals surface area contributed by atoms with E-state index in [1.807, 2.05) is 31.6 Å². The number of nitrogens with one attached hydrogen (secondary N) is 2. The zero-order valence-corrected chi connectivity index (χ0v) is 31.1. The first kappa shape index (κ1) is 34.3. The summed E-state index contributed by atoms with van der Waals surface area (Å²) >= 11 is 3.59. The van der Waals surface area contributed by atoms with E-state index in [1.54, 1.807) is 43.7 Å². The van der Waals surface area contributed by atoms with Crippen molar-refractivity contribution < 1.29 is 13.7 Å². The second-order valence-electron chi connectivity index (χ2n) is 13.3. The van der Waals surface area contributed by atoms with Gasteiger partial charge in [0.25, 0.3) is 0 Å². The zero-order valence-electron chi connectivity index (χ0n) is 28.6. The van der Waals surface area contributed by atoms with E-state index in [0.717, 1.165) is 55.8 Å². The van der Waals surface area contributed by atoms with Gasteiger partial charge in [0.1, 0.15) is 30.4 Å². The lowest BCUT2D eigenvalue weighted by atomic mass is 9.97. The van der Waals surface area contributed by atoms with Crippen molar-refractivity contribution in [2.24, 2.45) is 7.05 Å². The number of benzene rings is 2. The van der Waals surface area contributed by atoms with Gasteiger partial charge in [-0.15, -0.1) is 0 Å². The summed E-state index contributed by atoms with van der Waals surface area (Å²) in [7, 11) is 0.787. The molecule has 0 spiro atoms. The molecule has 262 valence electrons. The number of hydrogen-bond acceptors (Lipinski definition) is 11. The Bertz CT molecular complexity index is 2060. The lowest BCUT2D eigenvalue weighted by Crippen LogP contribution is -2.48. The SMILES string of the molecule is COc1cc(N2CCC(N3CCC(F)CC3)CC2)c(-c2cnn(C)c2)cc1Nc1ncc(Br)c(Nc2ccc3nccnc3c2P(C)(C)=O)n1. The zero-order chi connectivity index (χ0) is 35.0. The van der Waals surface area contributed by atoms with Crippen molar-refractivity contribution >= 4 is 68.2 Å². The molecule has 50 heavy (non-hydrogen) atoms. The summed E-state index contributed by atoms with van der Waals surface area (Å²) in [5.41, 5.74) is 5.65. The van der Waals surface area contributed by atoms with E-state index in [-0.39, 0.29) is 0 Å². The van der Waals surface area contributed by atoms with E-state index in [1.165, 1.54) is 0 Å². The van der Waals surface area contributed by atoms with Crippen molar-refractivity contribution in [3.05, 3.63) is 59.7 Å². The fourth-order valence-corrected chi connectivity index (χ4v) is 8.71. The van der Waals surface area contributed by atoms with Crippen LogP contribution in [-0.4, -0.2) is 93.4 Å². The number of methoxy groups -OCH3 is 1. The summed E-state index contributed by atoms with van der Waals surface area (Å²) in [6.07, 6.45) is 11.4. The first-order valence-electron chi connectivity index (χ1n) is 16.8. The maximum atomic E-state index is 13.8. The maximum Gasteiger partial charge on any atom is 0.229 e. The predicted molar refractivity (Wildman–Crippen MR) is 201 cm³/mol. The summed E-state index contributed by atoms with van der Waals surface area (Å²) in [5, 5.41) is 11.8. The Balaban J connectivity index is 1.18. The lowest BCUT2D eigenvalue weighted by molar-refractivity contribution is 0.0981. The van der Waals surface area contributed by atoms with E-state index in [0.29, 0.717) is 68.6 Å². The minimum atomic E-state index is -2.78. The van der Waals surface area contributed by atoms with Crippen molar-refractivity contribution in [1.82, 2.24) is 34.6 Å². The predicted octanol–water partition coefficient (Wildman–Crippen LogP) is 6.73. The monoisotopic (exact) mass is 762 g/mol. The summed E-state index contributed by atoms with van der Waals surface area (Å²) in [6.45, 7) is 6.90. The standard InChI is InChI=1S/C35H41BrFN10O2P/c1-45-21-22(19-41-45)25-17-29(31(49-2)18-30(25)47-15-9-24(10-16-47)46-13-7-23(37)8-14-46)43-35-40-20-26(36)34(44-35)42-28-6-5-27-32(39-12-11-38-27)33(28)50(3,4)48/h5-6,11-12,17-21,23-24H,7-10,13-16H2,1-4H3,(H2,40,42,43,44). The number of alkyl halides is 1. The first-order valence-corrected chi connectivity index (χ1v) is 20.2. The highest BCUT2D eigenvalue weighted by molar-refractivity contribution is 9.10. The minimum Gasteiger partial charge on any atom is -0.494 e. The van der Waals surface area contributed by atoms with Gasteiger partial charge in [-0.05, 0) is 73.1 Å². The topological polar surface area (TPSA) is 126 Å². The molecule has 2 aliphatic rings. The van der Waals surface area contributed by atoms with Crippen LogP contribution in [0.3, 0.4) is 0 Å². The van der Waals surface area contributed by atoms with Gasteiger partial charge in [-0.25, -0.2) is 9.37 Å². The molecule has 15 heteroatoms. The van der Waals surface area contributed by atoms with Crippen LogP contribution in [0.25, 0.3) is 22.2 Å². The Labute approximate surface area is 299 Å². The fraction of sp³-hybridized carbons (Fsp3) is 0.400. The highest BCUT2D eigenvalue weighted by atomic mass is 79.9. The minimum absolute atomic E-state index is 0.343. The highest BCUT2D eigenvalue weighted by Gasteiger charge is 2.30. The van der Waals surface area contributed by atoms with Gasteiger partial charge in [0.2, 0.25) is 5.95 Å². The Kier molecular flexibility index (Phi) is 9.78. The third kappa shape index (κ3) is 7.19. The number of halogens is 2. The van der Waals surface area contributed by atoms with Crippen LogP contribution in [0, 0.1) is 0 Å². The van der Waals surface area contributed by atoms with Crippen LogP contribution in [0.4, 0.5) is 33.2 Å². The van der Waals surface area contributed by atoms with Gasteiger partial charge in [0, 0.05) is 86.9 Å². The Morgan fingerprint density at radius 3 is 2.42 bits per heavy atom. The van der Waals surface area contributed by atoms with Gasteiger partial charge < -0.3 is 29.7 Å². The number of ether oxygens (including phenoxy) is 1. The smallest absolute Gasteiger partial charge is 0.229 e. The van der Waals surface area contributed by atoms with Crippen LogP contribution in [0.1, 0.15) is 25.7 Å².